The molecule has 0 unspecified atom stereocenters. The number of carbonyl (C=O) groups is 1. The van der Waals surface area contributed by atoms with E-state index in [2.05, 4.69) is 24.5 Å². The summed E-state index contributed by atoms with van der Waals surface area (Å²) >= 11 is 0. The number of amides is 1. The van der Waals surface area contributed by atoms with Gasteiger partial charge in [0.15, 0.2) is 0 Å². The van der Waals surface area contributed by atoms with Crippen molar-refractivity contribution in [1.82, 2.24) is 5.32 Å². The van der Waals surface area contributed by atoms with Crippen LogP contribution in [0.3, 0.4) is 0 Å². The maximum absolute atomic E-state index is 12.9. The van der Waals surface area contributed by atoms with Gasteiger partial charge in [0, 0.05) is 29.4 Å². The fraction of sp³-hybridized carbons (Fsp3) is 0.259. The zero-order chi connectivity index (χ0) is 24.7. The standard InChI is InChI=1S/C27H33N5O2/c1-3-21(4-2)32-24-13-12-22(19-6-5-7-20(28)14-19)23(26(24)34)15-25(33)31-16-17-8-10-18(11-9-17)27(29)30/h5-14,21,32,34H,3-4,15-16,28H2,1-2H3,(H3,29,30)(H,31,33). The molecule has 8 N–H and O–H groups in total. The molecule has 0 bridgehead atoms. The lowest BCUT2D eigenvalue weighted by atomic mass is 9.95. The first kappa shape index (κ1) is 24.6. The number of phenolic OH excluding ortho intramolecular Hbond substituents is 1. The van der Waals surface area contributed by atoms with Gasteiger partial charge in [-0.15, -0.1) is 0 Å². The van der Waals surface area contributed by atoms with E-state index in [0.717, 1.165) is 29.5 Å². The minimum absolute atomic E-state index is 0.00187. The Morgan fingerprint density at radius 3 is 2.38 bits per heavy atom. The van der Waals surface area contributed by atoms with Crippen molar-refractivity contribution in [2.75, 3.05) is 11.1 Å². The number of anilines is 2. The number of nitrogens with one attached hydrogen (secondary N) is 3. The SMILES string of the molecule is CCC(CC)Nc1ccc(-c2cccc(N)c2)c(CC(=O)NCc2ccc(C(=N)N)cc2)c1O. The lowest BCUT2D eigenvalue weighted by Gasteiger charge is -2.20. The van der Waals surface area contributed by atoms with E-state index in [-0.39, 0.29) is 30.0 Å². The van der Waals surface area contributed by atoms with Crippen LogP contribution < -0.4 is 22.1 Å². The van der Waals surface area contributed by atoms with Gasteiger partial charge in [-0.3, -0.25) is 10.2 Å². The highest BCUT2D eigenvalue weighted by Gasteiger charge is 2.18. The molecule has 0 aliphatic carbocycles. The Kier molecular flexibility index (Phi) is 8.14. The van der Waals surface area contributed by atoms with E-state index in [4.69, 9.17) is 16.9 Å². The molecule has 0 aliphatic heterocycles. The average Bonchev–Trinajstić information content (AvgIpc) is 2.83. The summed E-state index contributed by atoms with van der Waals surface area (Å²) in [6.45, 7) is 4.52. The van der Waals surface area contributed by atoms with E-state index in [1.807, 2.05) is 42.5 Å². The molecule has 0 fully saturated rings. The third-order valence-corrected chi connectivity index (χ3v) is 5.92. The van der Waals surface area contributed by atoms with Gasteiger partial charge in [0.05, 0.1) is 12.1 Å². The molecule has 1 amide bonds. The predicted molar refractivity (Wildman–Crippen MR) is 139 cm³/mol. The van der Waals surface area contributed by atoms with Crippen LogP contribution in [-0.4, -0.2) is 22.9 Å². The largest absolute Gasteiger partial charge is 0.505 e. The Labute approximate surface area is 200 Å². The molecule has 0 saturated heterocycles. The summed E-state index contributed by atoms with van der Waals surface area (Å²) in [4.78, 5) is 12.9. The van der Waals surface area contributed by atoms with Gasteiger partial charge in [-0.2, -0.15) is 0 Å². The maximum atomic E-state index is 12.9. The number of hydrogen-bond donors (Lipinski definition) is 6. The van der Waals surface area contributed by atoms with Gasteiger partial charge in [0.25, 0.3) is 0 Å². The first-order chi connectivity index (χ1) is 16.3. The minimum Gasteiger partial charge on any atom is -0.505 e. The van der Waals surface area contributed by atoms with Gasteiger partial charge in [-0.25, -0.2) is 0 Å². The molecule has 0 aliphatic rings. The van der Waals surface area contributed by atoms with Crippen molar-refractivity contribution < 1.29 is 9.90 Å². The summed E-state index contributed by atoms with van der Waals surface area (Å²) in [5.41, 5.74) is 16.4. The van der Waals surface area contributed by atoms with Crippen molar-refractivity contribution >= 4 is 23.1 Å². The van der Waals surface area contributed by atoms with Gasteiger partial charge in [0.1, 0.15) is 11.6 Å². The van der Waals surface area contributed by atoms with Crippen LogP contribution in [0.15, 0.2) is 60.7 Å². The molecule has 3 aromatic rings. The second-order valence-corrected chi connectivity index (χ2v) is 8.34. The molecule has 0 spiro atoms. The van der Waals surface area contributed by atoms with E-state index < -0.39 is 0 Å². The number of hydrogen-bond acceptors (Lipinski definition) is 5. The molecular formula is C27H33N5O2. The minimum atomic E-state index is -0.212. The molecule has 3 aromatic carbocycles. The zero-order valence-electron chi connectivity index (χ0n) is 19.7. The normalized spacial score (nSPS) is 10.8. The van der Waals surface area contributed by atoms with E-state index >= 15 is 0 Å². The summed E-state index contributed by atoms with van der Waals surface area (Å²) in [5.74, 6) is -0.134. The fourth-order valence-electron chi connectivity index (χ4n) is 3.85. The number of rotatable bonds is 10. The summed E-state index contributed by atoms with van der Waals surface area (Å²) in [6.07, 6.45) is 1.86. The van der Waals surface area contributed by atoms with Crippen LogP contribution in [0.1, 0.15) is 43.4 Å². The Hall–Kier alpha value is -4.00. The van der Waals surface area contributed by atoms with Crippen molar-refractivity contribution in [1.29, 1.82) is 5.41 Å². The van der Waals surface area contributed by atoms with Crippen LogP contribution >= 0.6 is 0 Å². The second-order valence-electron chi connectivity index (χ2n) is 8.34. The smallest absolute Gasteiger partial charge is 0.224 e. The summed E-state index contributed by atoms with van der Waals surface area (Å²) in [5, 5.41) is 24.9. The van der Waals surface area contributed by atoms with E-state index in [9.17, 15) is 9.90 Å². The number of nitrogen functional groups attached to an aromatic ring is 2. The van der Waals surface area contributed by atoms with Gasteiger partial charge in [0.2, 0.25) is 5.91 Å². The molecule has 34 heavy (non-hydrogen) atoms. The van der Waals surface area contributed by atoms with Crippen molar-refractivity contribution in [2.24, 2.45) is 5.73 Å². The van der Waals surface area contributed by atoms with Crippen LogP contribution in [0.5, 0.6) is 5.75 Å². The lowest BCUT2D eigenvalue weighted by molar-refractivity contribution is -0.120. The molecule has 0 aromatic heterocycles. The maximum Gasteiger partial charge on any atom is 0.224 e. The molecule has 0 atom stereocenters. The fourth-order valence-corrected chi connectivity index (χ4v) is 3.85. The van der Waals surface area contributed by atoms with Gasteiger partial charge in [-0.1, -0.05) is 56.3 Å². The number of carbonyl (C=O) groups excluding carboxylic acids is 1. The number of aromatic hydroxyl groups is 1. The Morgan fingerprint density at radius 2 is 1.76 bits per heavy atom. The van der Waals surface area contributed by atoms with Crippen LogP contribution in [-0.2, 0) is 17.8 Å². The number of benzene rings is 3. The first-order valence-corrected chi connectivity index (χ1v) is 11.5. The summed E-state index contributed by atoms with van der Waals surface area (Å²) in [6, 6.07) is 18.6. The van der Waals surface area contributed by atoms with Crippen LogP contribution in [0.2, 0.25) is 0 Å². The third kappa shape index (κ3) is 6.07. The van der Waals surface area contributed by atoms with Gasteiger partial charge < -0.3 is 27.2 Å². The monoisotopic (exact) mass is 459 g/mol. The number of amidine groups is 1. The Balaban J connectivity index is 1.85. The van der Waals surface area contributed by atoms with Crippen molar-refractivity contribution in [3.8, 4) is 16.9 Å². The third-order valence-electron chi connectivity index (χ3n) is 5.92. The Morgan fingerprint density at radius 1 is 1.06 bits per heavy atom. The van der Waals surface area contributed by atoms with Crippen LogP contribution in [0, 0.1) is 5.41 Å². The molecular weight excluding hydrogens is 426 g/mol. The van der Waals surface area contributed by atoms with Gasteiger partial charge in [-0.05, 0) is 47.7 Å². The summed E-state index contributed by atoms with van der Waals surface area (Å²) in [7, 11) is 0. The van der Waals surface area contributed by atoms with Crippen molar-refractivity contribution in [2.45, 2.75) is 45.7 Å². The molecule has 0 heterocycles. The zero-order valence-corrected chi connectivity index (χ0v) is 19.7. The highest BCUT2D eigenvalue weighted by molar-refractivity contribution is 5.94. The van der Waals surface area contributed by atoms with Crippen LogP contribution in [0.4, 0.5) is 11.4 Å². The van der Waals surface area contributed by atoms with E-state index in [1.165, 1.54) is 0 Å². The lowest BCUT2D eigenvalue weighted by Crippen LogP contribution is -2.25. The molecule has 0 saturated carbocycles. The molecule has 7 heteroatoms. The number of nitrogens with two attached hydrogens (primary N) is 2. The van der Waals surface area contributed by atoms with Crippen molar-refractivity contribution in [3.63, 3.8) is 0 Å². The highest BCUT2D eigenvalue weighted by atomic mass is 16.3. The second kappa shape index (κ2) is 11.2. The molecule has 178 valence electrons. The van der Waals surface area contributed by atoms with Crippen LogP contribution in [0.25, 0.3) is 11.1 Å². The highest BCUT2D eigenvalue weighted by Crippen LogP contribution is 2.37. The van der Waals surface area contributed by atoms with E-state index in [1.54, 1.807) is 18.2 Å². The van der Waals surface area contributed by atoms with E-state index in [0.29, 0.717) is 29.0 Å². The topological polar surface area (TPSA) is 137 Å². The van der Waals surface area contributed by atoms with Gasteiger partial charge >= 0.3 is 0 Å². The molecule has 3 rings (SSSR count). The molecule has 0 radical (unpaired) electrons. The summed E-state index contributed by atoms with van der Waals surface area (Å²) < 4.78 is 0. The first-order valence-electron chi connectivity index (χ1n) is 11.5. The predicted octanol–water partition coefficient (Wildman–Crippen LogP) is 4.38. The average molecular weight is 460 g/mol. The Bertz CT molecular complexity index is 1150. The quantitative estimate of drug-likeness (QED) is 0.116. The molecule has 7 nitrogen and oxygen atoms in total. The number of phenols is 1. The van der Waals surface area contributed by atoms with Crippen molar-refractivity contribution in [3.05, 3.63) is 77.4 Å².